The Balaban J connectivity index is 1.44. The van der Waals surface area contributed by atoms with E-state index in [2.05, 4.69) is 15.7 Å². The van der Waals surface area contributed by atoms with Crippen LogP contribution in [-0.2, 0) is 35.6 Å². The van der Waals surface area contributed by atoms with E-state index in [0.29, 0.717) is 4.21 Å². The van der Waals surface area contributed by atoms with Gasteiger partial charge in [-0.1, -0.05) is 36.4 Å². The quantitative estimate of drug-likeness (QED) is 0.581. The van der Waals surface area contributed by atoms with E-state index in [-0.39, 0.29) is 0 Å². The van der Waals surface area contributed by atoms with Crippen LogP contribution in [0.15, 0.2) is 57.1 Å². The molecule has 7 heteroatoms. The summed E-state index contributed by atoms with van der Waals surface area (Å²) in [4.78, 5) is 13.7. The average Bonchev–Trinajstić information content (AvgIpc) is 3.48. The van der Waals surface area contributed by atoms with Crippen LogP contribution >= 0.6 is 11.3 Å². The lowest BCUT2D eigenvalue weighted by Crippen LogP contribution is -2.18. The Hall–Kier alpha value is -2.48. The third kappa shape index (κ3) is 3.57. The van der Waals surface area contributed by atoms with Gasteiger partial charge in [0.15, 0.2) is 9.92 Å². The number of carbonyl (C=O) groups is 1. The number of benzene rings is 2. The monoisotopic (exact) mass is 437 g/mol. The van der Waals surface area contributed by atoms with E-state index >= 15 is 0 Å². The van der Waals surface area contributed by atoms with Crippen molar-refractivity contribution in [3.05, 3.63) is 70.8 Å². The first kappa shape index (κ1) is 19.5. The molecule has 3 N–H and O–H groups in total. The molecule has 1 heterocycles. The molecule has 3 aromatic rings. The van der Waals surface area contributed by atoms with E-state index in [9.17, 15) is 9.00 Å². The lowest BCUT2D eigenvalue weighted by Gasteiger charge is -2.15. The maximum Gasteiger partial charge on any atom is 0.354 e. The number of nitrogens with two attached hydrogens (primary N) is 1. The molecule has 154 valence electrons. The Bertz CT molecular complexity index is 1220. The molecule has 1 atom stereocenters. The first-order valence-electron chi connectivity index (χ1n) is 10.2. The molecule has 0 spiro atoms. The van der Waals surface area contributed by atoms with Crippen molar-refractivity contribution in [2.75, 3.05) is 5.32 Å². The van der Waals surface area contributed by atoms with E-state index in [1.54, 1.807) is 6.07 Å². The summed E-state index contributed by atoms with van der Waals surface area (Å²) < 4.78 is 17.4. The predicted molar refractivity (Wildman–Crippen MR) is 122 cm³/mol. The van der Waals surface area contributed by atoms with Gasteiger partial charge in [-0.15, -0.1) is 15.7 Å². The Morgan fingerprint density at radius 1 is 0.967 bits per heavy atom. The van der Waals surface area contributed by atoms with Crippen LogP contribution in [0.4, 0.5) is 10.5 Å². The van der Waals surface area contributed by atoms with Crippen LogP contribution in [0.3, 0.4) is 0 Å². The van der Waals surface area contributed by atoms with Gasteiger partial charge >= 0.3 is 6.03 Å². The van der Waals surface area contributed by atoms with Crippen molar-refractivity contribution < 1.29 is 9.00 Å². The van der Waals surface area contributed by atoms with E-state index in [1.807, 2.05) is 36.4 Å². The van der Waals surface area contributed by atoms with E-state index in [0.717, 1.165) is 54.7 Å². The molecule has 0 aliphatic heterocycles. The van der Waals surface area contributed by atoms with Gasteiger partial charge in [0, 0.05) is 10.6 Å². The minimum atomic E-state index is -3.31. The number of urea groups is 1. The van der Waals surface area contributed by atoms with E-state index < -0.39 is 15.9 Å². The molecule has 2 aliphatic carbocycles. The highest BCUT2D eigenvalue weighted by atomic mass is 32.2. The fraction of sp³-hybridized carbons (Fsp3) is 0.261. The molecular weight excluding hydrogens is 414 g/mol. The molecule has 2 aromatic carbocycles. The molecular formula is C23H23N3O2S2. The summed E-state index contributed by atoms with van der Waals surface area (Å²) in [6.07, 6.45) is 6.22. The minimum Gasteiger partial charge on any atom is -0.305 e. The fourth-order valence-corrected chi connectivity index (χ4v) is 6.75. The number of nitrogens with zero attached hydrogens (tertiary/aromatic N) is 1. The smallest absolute Gasteiger partial charge is 0.305 e. The maximum atomic E-state index is 13.1. The molecule has 0 fully saturated rings. The molecule has 2 amide bonds. The molecule has 2 aliphatic rings. The molecule has 30 heavy (non-hydrogen) atoms. The summed E-state index contributed by atoms with van der Waals surface area (Å²) in [5, 5.41) is 8.97. The van der Waals surface area contributed by atoms with Crippen molar-refractivity contribution in [2.45, 2.75) is 42.7 Å². The molecule has 1 unspecified atom stereocenters. The number of anilines is 1. The Labute approximate surface area is 180 Å². The van der Waals surface area contributed by atoms with Gasteiger partial charge in [-0.25, -0.2) is 14.1 Å². The van der Waals surface area contributed by atoms with Crippen LogP contribution in [0.2, 0.25) is 0 Å². The van der Waals surface area contributed by atoms with Crippen molar-refractivity contribution in [1.82, 2.24) is 0 Å². The van der Waals surface area contributed by atoms with Crippen molar-refractivity contribution in [3.63, 3.8) is 0 Å². The van der Waals surface area contributed by atoms with Crippen molar-refractivity contribution in [2.24, 2.45) is 9.50 Å². The highest BCUT2D eigenvalue weighted by molar-refractivity contribution is 7.93. The maximum absolute atomic E-state index is 13.1. The molecule has 5 nitrogen and oxygen atoms in total. The predicted octanol–water partition coefficient (Wildman–Crippen LogP) is 5.33. The first-order valence-corrected chi connectivity index (χ1v) is 12.6. The second kappa shape index (κ2) is 7.65. The summed E-state index contributed by atoms with van der Waals surface area (Å²) in [5.41, 5.74) is 6.98. The largest absolute Gasteiger partial charge is 0.354 e. The van der Waals surface area contributed by atoms with Crippen LogP contribution in [0.25, 0.3) is 10.4 Å². The van der Waals surface area contributed by atoms with E-state index in [4.69, 9.17) is 5.14 Å². The van der Waals surface area contributed by atoms with Crippen LogP contribution < -0.4 is 10.5 Å². The van der Waals surface area contributed by atoms with Gasteiger partial charge in [0.25, 0.3) is 0 Å². The fourth-order valence-electron chi connectivity index (χ4n) is 4.50. The number of rotatable bonds is 3. The molecule has 0 radical (unpaired) electrons. The molecule has 0 saturated heterocycles. The second-order valence-corrected chi connectivity index (χ2v) is 10.9. The number of thiophene rings is 1. The zero-order valence-electron chi connectivity index (χ0n) is 16.5. The Morgan fingerprint density at radius 3 is 2.30 bits per heavy atom. The number of hydrogen-bond donors (Lipinski definition) is 2. The number of aryl methyl sites for hydroxylation is 2. The lowest BCUT2D eigenvalue weighted by molar-refractivity contribution is 0.260. The summed E-state index contributed by atoms with van der Waals surface area (Å²) in [5.74, 6) is 0. The third-order valence-electron chi connectivity index (χ3n) is 5.85. The zero-order valence-corrected chi connectivity index (χ0v) is 18.2. The number of carbonyl (C=O) groups excluding carboxylic acids is 1. The molecule has 0 bridgehead atoms. The molecule has 0 saturated carbocycles. The van der Waals surface area contributed by atoms with Crippen molar-refractivity contribution in [1.29, 1.82) is 0 Å². The number of amides is 2. The van der Waals surface area contributed by atoms with Crippen LogP contribution in [0.1, 0.15) is 35.1 Å². The third-order valence-corrected chi connectivity index (χ3v) is 8.90. The van der Waals surface area contributed by atoms with E-state index in [1.165, 1.54) is 33.6 Å². The first-order chi connectivity index (χ1) is 14.5. The van der Waals surface area contributed by atoms with Crippen LogP contribution in [0.5, 0.6) is 0 Å². The molecule has 5 rings (SSSR count). The number of fused-ring (bicyclic) bond motifs is 2. The summed E-state index contributed by atoms with van der Waals surface area (Å²) >= 11 is 1.31. The summed E-state index contributed by atoms with van der Waals surface area (Å²) in [6, 6.07) is 15.0. The van der Waals surface area contributed by atoms with Gasteiger partial charge < -0.3 is 5.32 Å². The average molecular weight is 438 g/mol. The summed E-state index contributed by atoms with van der Waals surface area (Å²) in [7, 11) is -3.31. The van der Waals surface area contributed by atoms with Crippen molar-refractivity contribution in [3.8, 4) is 10.4 Å². The van der Waals surface area contributed by atoms with Gasteiger partial charge in [-0.2, -0.15) is 0 Å². The number of nitrogens with one attached hydrogen (secondary N) is 1. The highest BCUT2D eigenvalue weighted by Gasteiger charge is 2.25. The Kier molecular flexibility index (Phi) is 4.97. The topological polar surface area (TPSA) is 84.6 Å². The minimum absolute atomic E-state index is 0.403. The second-order valence-electron chi connectivity index (χ2n) is 7.81. The lowest BCUT2D eigenvalue weighted by atomic mass is 9.99. The summed E-state index contributed by atoms with van der Waals surface area (Å²) in [6.45, 7) is 0. The van der Waals surface area contributed by atoms with Crippen LogP contribution in [0, 0.1) is 0 Å². The van der Waals surface area contributed by atoms with Gasteiger partial charge in [0.05, 0.1) is 0 Å². The van der Waals surface area contributed by atoms with Gasteiger partial charge in [0.1, 0.15) is 4.21 Å². The molecule has 1 aromatic heterocycles. The SMILES string of the molecule is NS(=O)(=NC(=O)Nc1c2c(cc3c1CCC3)CCC2)c1ccc(-c2ccccc2)s1. The Morgan fingerprint density at radius 2 is 1.63 bits per heavy atom. The number of hydrogen-bond acceptors (Lipinski definition) is 3. The van der Waals surface area contributed by atoms with Crippen molar-refractivity contribution >= 4 is 33.0 Å². The van der Waals surface area contributed by atoms with Gasteiger partial charge in [0.2, 0.25) is 0 Å². The van der Waals surface area contributed by atoms with Crippen LogP contribution in [-0.4, -0.2) is 10.2 Å². The highest BCUT2D eigenvalue weighted by Crippen LogP contribution is 2.39. The normalized spacial score (nSPS) is 16.6. The standard InChI is InChI=1S/C23H23N3O2S2/c24-30(28,21-13-12-20(29-21)15-6-2-1-3-7-15)26-23(27)25-22-18-10-4-8-16(18)14-17-9-5-11-19(17)22/h1-3,6-7,12-14H,4-5,8-11H2,(H3,24,25,26,27,28). The van der Waals surface area contributed by atoms with Gasteiger partial charge in [-0.3, -0.25) is 0 Å². The zero-order chi connectivity index (χ0) is 20.7. The van der Waals surface area contributed by atoms with Gasteiger partial charge in [-0.05, 0) is 78.5 Å².